The van der Waals surface area contributed by atoms with Crippen molar-refractivity contribution in [3.05, 3.63) is 78.1 Å². The number of aryl methyl sites for hydroxylation is 1. The minimum atomic E-state index is -0.391. The fourth-order valence-electron chi connectivity index (χ4n) is 6.55. The Morgan fingerprint density at radius 2 is 1.11 bits per heavy atom. The van der Waals surface area contributed by atoms with E-state index in [9.17, 15) is 10.2 Å². The van der Waals surface area contributed by atoms with E-state index < -0.39 is 5.75 Å². The van der Waals surface area contributed by atoms with Crippen molar-refractivity contribution in [2.75, 3.05) is 0 Å². The second-order valence-corrected chi connectivity index (χ2v) is 11.5. The molecule has 0 aliphatic rings. The van der Waals surface area contributed by atoms with Gasteiger partial charge in [0.1, 0.15) is 60.7 Å². The molecule has 46 heavy (non-hydrogen) atoms. The number of phenolic OH excluding ortho intramolecular Hbond substituents is 2. The maximum atomic E-state index is 11.5. The molecule has 0 saturated carbocycles. The van der Waals surface area contributed by atoms with E-state index in [1.54, 1.807) is 6.92 Å². The summed E-state index contributed by atoms with van der Waals surface area (Å²) < 4.78 is 2.11. The summed E-state index contributed by atoms with van der Waals surface area (Å²) in [4.78, 5) is 4.84. The van der Waals surface area contributed by atoms with Crippen molar-refractivity contribution < 1.29 is 10.2 Å². The van der Waals surface area contributed by atoms with Gasteiger partial charge in [0.15, 0.2) is 11.5 Å². The van der Waals surface area contributed by atoms with Gasteiger partial charge in [-0.15, -0.1) is 16.4 Å². The minimum absolute atomic E-state index is 0.110. The number of nitrogens with zero attached hydrogens (tertiary/aromatic N) is 2. The van der Waals surface area contributed by atoms with Crippen molar-refractivity contribution in [3.63, 3.8) is 0 Å². The normalized spacial score (nSPS) is 11.6. The van der Waals surface area contributed by atoms with Gasteiger partial charge in [-0.2, -0.15) is 0 Å². The molecule has 1 heterocycles. The van der Waals surface area contributed by atoms with Crippen LogP contribution < -0.4 is 38.2 Å². The molecule has 0 aliphatic heterocycles. The van der Waals surface area contributed by atoms with Crippen LogP contribution in [0.5, 0.6) is 11.5 Å². The van der Waals surface area contributed by atoms with Crippen molar-refractivity contribution in [1.29, 1.82) is 0 Å². The highest BCUT2D eigenvalue weighted by molar-refractivity contribution is 6.68. The summed E-state index contributed by atoms with van der Waals surface area (Å²) in [6, 6.07) is 21.4. The van der Waals surface area contributed by atoms with Crippen LogP contribution in [0.4, 0.5) is 0 Å². The van der Waals surface area contributed by atoms with Gasteiger partial charge in [0.2, 0.25) is 0 Å². The number of aromatic hydroxyl groups is 2. The Balaban J connectivity index is 1.74. The number of hydrogen-bond acceptors (Lipinski definition) is 3. The maximum Gasteiger partial charge on any atom is 0.165 e. The molecule has 7 rings (SSSR count). The third-order valence-electron chi connectivity index (χ3n) is 8.97. The number of hydrogen-bond donors (Lipinski definition) is 2. The molecule has 0 aliphatic carbocycles. The fraction of sp³-hybridized carbons (Fsp3) is 0.0571. The van der Waals surface area contributed by atoms with Crippen LogP contribution in [0, 0.1) is 13.8 Å². The van der Waals surface area contributed by atoms with Crippen molar-refractivity contribution in [3.8, 4) is 39.4 Å². The number of phenols is 2. The van der Waals surface area contributed by atoms with Crippen LogP contribution in [-0.2, 0) is 0 Å². The Labute approximate surface area is 276 Å². The van der Waals surface area contributed by atoms with Gasteiger partial charge in [-0.05, 0) is 59.5 Å². The topological polar surface area (TPSA) is 58.3 Å². The first-order valence-corrected chi connectivity index (χ1v) is 14.5. The average molecular weight is 575 g/mol. The first-order chi connectivity index (χ1) is 21.9. The molecule has 0 atom stereocenters. The molecular weight excluding hydrogens is 556 g/mol. The third kappa shape index (κ3) is 4.14. The lowest BCUT2D eigenvalue weighted by Gasteiger charge is -2.25. The first kappa shape index (κ1) is 30.0. The Morgan fingerprint density at radius 1 is 0.543 bits per heavy atom. The summed E-state index contributed by atoms with van der Waals surface area (Å²) in [5, 5.41) is 25.5. The summed E-state index contributed by atoms with van der Waals surface area (Å²) in [5.41, 5.74) is 5.64. The Bertz CT molecular complexity index is 2400. The van der Waals surface area contributed by atoms with Crippen LogP contribution in [0.1, 0.15) is 11.4 Å². The van der Waals surface area contributed by atoms with Crippen LogP contribution in [0.15, 0.2) is 66.7 Å². The van der Waals surface area contributed by atoms with E-state index in [0.717, 1.165) is 38.7 Å². The van der Waals surface area contributed by atoms with Crippen LogP contribution >= 0.6 is 0 Å². The van der Waals surface area contributed by atoms with Crippen LogP contribution in [-0.4, -0.2) is 74.7 Å². The smallest absolute Gasteiger partial charge is 0.165 e. The van der Waals surface area contributed by atoms with Gasteiger partial charge >= 0.3 is 0 Å². The molecule has 0 saturated heterocycles. The molecule has 4 nitrogen and oxygen atoms in total. The van der Waals surface area contributed by atoms with E-state index >= 15 is 0 Å². The number of imidazole rings is 1. The maximum absolute atomic E-state index is 11.5. The predicted octanol–water partition coefficient (Wildman–Crippen LogP) is 0.251. The predicted molar refractivity (Wildman–Crippen MR) is 197 cm³/mol. The summed E-state index contributed by atoms with van der Waals surface area (Å²) in [6.45, 7) is 3.54. The number of rotatable bonds is 3. The largest absolute Gasteiger partial charge is 0.504 e. The Kier molecular flexibility index (Phi) is 7.00. The molecular formula is C35H19B7N2O2. The SMILES string of the molecule is [B]c1c([B])c([B])c(-c2ccc3c(-n4c(C)nc5ccccc54)c4ccccc4c(-c4c([B])c([B])c(C)c(O)c4O)c3c2)c([B])c1[B]. The van der Waals surface area contributed by atoms with E-state index in [1.165, 1.54) is 0 Å². The highest BCUT2D eigenvalue weighted by Gasteiger charge is 2.25. The van der Waals surface area contributed by atoms with Crippen LogP contribution in [0.25, 0.3) is 60.5 Å². The molecule has 0 amide bonds. The van der Waals surface area contributed by atoms with Crippen molar-refractivity contribution >= 4 is 126 Å². The van der Waals surface area contributed by atoms with Gasteiger partial charge in [0.25, 0.3) is 0 Å². The first-order valence-electron chi connectivity index (χ1n) is 14.5. The Hall–Kier alpha value is -4.64. The molecule has 6 aromatic carbocycles. The summed E-state index contributed by atoms with van der Waals surface area (Å²) in [7, 11) is 44.7. The van der Waals surface area contributed by atoms with Gasteiger partial charge in [0, 0.05) is 21.9 Å². The van der Waals surface area contributed by atoms with Crippen molar-refractivity contribution in [2.45, 2.75) is 13.8 Å². The molecule has 1 aromatic heterocycles. The zero-order valence-corrected chi connectivity index (χ0v) is 25.2. The summed E-state index contributed by atoms with van der Waals surface area (Å²) in [6.07, 6.45) is 0. The van der Waals surface area contributed by atoms with Gasteiger partial charge in [-0.25, -0.2) is 4.98 Å². The molecule has 2 N–H and O–H groups in total. The van der Waals surface area contributed by atoms with Gasteiger partial charge < -0.3 is 10.2 Å². The van der Waals surface area contributed by atoms with E-state index in [0.29, 0.717) is 22.1 Å². The second kappa shape index (κ2) is 10.7. The molecule has 14 radical (unpaired) electrons. The Morgan fingerprint density at radius 3 is 1.80 bits per heavy atom. The van der Waals surface area contributed by atoms with Gasteiger partial charge in [-0.3, -0.25) is 4.57 Å². The number of fused-ring (bicyclic) bond motifs is 3. The number of aromatic nitrogens is 2. The number of para-hydroxylation sites is 2. The molecule has 0 bridgehead atoms. The number of benzene rings is 6. The van der Waals surface area contributed by atoms with E-state index in [2.05, 4.69) is 4.57 Å². The average Bonchev–Trinajstić information content (AvgIpc) is 3.39. The van der Waals surface area contributed by atoms with Gasteiger partial charge in [0.05, 0.1) is 16.7 Å². The molecule has 11 heteroatoms. The highest BCUT2D eigenvalue weighted by atomic mass is 16.3. The molecule has 202 valence electrons. The highest BCUT2D eigenvalue weighted by Crippen LogP contribution is 2.46. The zero-order valence-electron chi connectivity index (χ0n) is 25.2. The van der Waals surface area contributed by atoms with Crippen molar-refractivity contribution in [2.24, 2.45) is 0 Å². The van der Waals surface area contributed by atoms with Crippen LogP contribution in [0.3, 0.4) is 0 Å². The monoisotopic (exact) mass is 576 g/mol. The summed E-state index contributed by atoms with van der Waals surface area (Å²) in [5.74, 6) is 0.0258. The lowest BCUT2D eigenvalue weighted by Crippen LogP contribution is -2.55. The lowest BCUT2D eigenvalue weighted by atomic mass is 9.59. The van der Waals surface area contributed by atoms with Crippen LogP contribution in [0.2, 0.25) is 0 Å². The lowest BCUT2D eigenvalue weighted by molar-refractivity contribution is 0.403. The van der Waals surface area contributed by atoms with Crippen molar-refractivity contribution in [1.82, 2.24) is 9.55 Å². The van der Waals surface area contributed by atoms with E-state index in [-0.39, 0.29) is 55.1 Å². The molecule has 0 spiro atoms. The molecule has 0 fully saturated rings. The zero-order chi connectivity index (χ0) is 32.8. The second-order valence-electron chi connectivity index (χ2n) is 11.5. The molecule has 0 unspecified atom stereocenters. The summed E-state index contributed by atoms with van der Waals surface area (Å²) >= 11 is 0. The minimum Gasteiger partial charge on any atom is -0.504 e. The quantitative estimate of drug-likeness (QED) is 0.181. The third-order valence-corrected chi connectivity index (χ3v) is 8.97. The van der Waals surface area contributed by atoms with E-state index in [1.807, 2.05) is 73.7 Å². The standard InChI is InChI=1S/C35H19B7N2O2/c1-14-26(36)29(39)25(35(46)34(14)45)24-17-7-3-4-8-18(17)33(44-15(2)43-21-9-5-6-10-22(21)44)19-12-11-16(13-20(19)24)23-27(37)30(40)32(42)31(41)28(23)38/h3-13,45-46H,1-2H3. The molecule has 7 aromatic rings. The van der Waals surface area contributed by atoms with E-state index in [4.69, 9.17) is 59.9 Å². The van der Waals surface area contributed by atoms with Gasteiger partial charge in [-0.1, -0.05) is 70.4 Å². The fourth-order valence-corrected chi connectivity index (χ4v) is 6.55.